The predicted molar refractivity (Wildman–Crippen MR) is 69.6 cm³/mol. The summed E-state index contributed by atoms with van der Waals surface area (Å²) in [7, 11) is 0.967. The molecule has 12 nitrogen and oxygen atoms in total. The van der Waals surface area contributed by atoms with Crippen LogP contribution in [0.4, 0.5) is 17.1 Å². The minimum Gasteiger partial charge on any atom is -0.464 e. The van der Waals surface area contributed by atoms with Crippen LogP contribution < -0.4 is 0 Å². The van der Waals surface area contributed by atoms with Crippen LogP contribution in [0.3, 0.4) is 0 Å². The van der Waals surface area contributed by atoms with Crippen molar-refractivity contribution in [2.45, 2.75) is 0 Å². The minimum absolute atomic E-state index is 0.372. The summed E-state index contributed by atoms with van der Waals surface area (Å²) in [4.78, 5) is 43.9. The predicted octanol–water partition coefficient (Wildman–Crippen LogP) is 1.68. The molecule has 1 N–H and O–H groups in total. The van der Waals surface area contributed by atoms with Gasteiger partial charge in [0.15, 0.2) is 0 Å². The molecule has 1 aromatic carbocycles. The maximum absolute atomic E-state index is 11.5. The van der Waals surface area contributed by atoms with Gasteiger partial charge in [-0.25, -0.2) is 4.79 Å². The van der Waals surface area contributed by atoms with E-state index in [4.69, 9.17) is 0 Å². The van der Waals surface area contributed by atoms with E-state index < -0.39 is 48.9 Å². The first kappa shape index (κ1) is 14.8. The summed E-state index contributed by atoms with van der Waals surface area (Å²) in [5, 5.41) is 32.5. The summed E-state index contributed by atoms with van der Waals surface area (Å²) < 4.78 is 4.36. The van der Waals surface area contributed by atoms with Crippen molar-refractivity contribution in [2.24, 2.45) is 0 Å². The maximum Gasteiger partial charge on any atom is 0.361 e. The number of nitro groups is 3. The lowest BCUT2D eigenvalue weighted by atomic mass is 10.1. The molecule has 0 aliphatic rings. The highest BCUT2D eigenvalue weighted by Gasteiger charge is 2.33. The third kappa shape index (κ3) is 2.17. The number of nitro benzene ring substituents is 2. The Morgan fingerprint density at radius 3 is 2.18 bits per heavy atom. The van der Waals surface area contributed by atoms with Crippen LogP contribution in [0.25, 0.3) is 10.9 Å². The van der Waals surface area contributed by atoms with Crippen molar-refractivity contribution in [3.63, 3.8) is 0 Å². The number of benzene rings is 1. The van der Waals surface area contributed by atoms with E-state index in [0.29, 0.717) is 6.07 Å². The van der Waals surface area contributed by atoms with E-state index in [-0.39, 0.29) is 5.52 Å². The molecule has 0 saturated heterocycles. The molecule has 0 radical (unpaired) electrons. The molecule has 0 fully saturated rings. The Hall–Kier alpha value is -3.57. The smallest absolute Gasteiger partial charge is 0.361 e. The molecule has 22 heavy (non-hydrogen) atoms. The zero-order chi connectivity index (χ0) is 16.6. The molecular formula is C10H6N4O8. The number of carbonyl (C=O) groups is 1. The first-order valence-corrected chi connectivity index (χ1v) is 5.49. The SMILES string of the molecule is COC(=O)c1[nH]c2c([N+](=O)[O-])cc([N+](=O)[O-])cc2c1[N+](=O)[O-]. The fraction of sp³-hybridized carbons (Fsp3) is 0.100. The third-order valence-electron chi connectivity index (χ3n) is 2.82. The lowest BCUT2D eigenvalue weighted by molar-refractivity contribution is -0.393. The summed E-state index contributed by atoms with van der Waals surface area (Å²) in [5.41, 5.74) is -3.30. The van der Waals surface area contributed by atoms with Gasteiger partial charge >= 0.3 is 11.7 Å². The molecule has 2 aromatic rings. The number of aromatic nitrogens is 1. The van der Waals surface area contributed by atoms with E-state index in [1.165, 1.54) is 0 Å². The Balaban J connectivity index is 2.98. The quantitative estimate of drug-likeness (QED) is 0.504. The van der Waals surface area contributed by atoms with Gasteiger partial charge in [0.25, 0.3) is 11.4 Å². The van der Waals surface area contributed by atoms with E-state index in [0.717, 1.165) is 13.2 Å². The number of rotatable bonds is 4. The number of fused-ring (bicyclic) bond motifs is 1. The summed E-state index contributed by atoms with van der Waals surface area (Å²) in [6, 6.07) is 1.42. The fourth-order valence-electron chi connectivity index (χ4n) is 1.94. The maximum atomic E-state index is 11.5. The number of ether oxygens (including phenoxy) is 1. The zero-order valence-electron chi connectivity index (χ0n) is 10.8. The molecule has 1 aromatic heterocycles. The number of esters is 1. The molecule has 0 aliphatic carbocycles. The normalized spacial score (nSPS) is 10.4. The van der Waals surface area contributed by atoms with Crippen molar-refractivity contribution in [3.8, 4) is 0 Å². The van der Waals surface area contributed by atoms with Crippen molar-refractivity contribution in [2.75, 3.05) is 7.11 Å². The van der Waals surface area contributed by atoms with Gasteiger partial charge in [0.2, 0.25) is 5.69 Å². The van der Waals surface area contributed by atoms with Gasteiger partial charge < -0.3 is 9.72 Å². The zero-order valence-corrected chi connectivity index (χ0v) is 10.8. The van der Waals surface area contributed by atoms with Crippen LogP contribution in [0.2, 0.25) is 0 Å². The van der Waals surface area contributed by atoms with Crippen molar-refractivity contribution in [3.05, 3.63) is 48.2 Å². The standard InChI is InChI=1S/C10H6N4O8/c1-22-10(15)8-9(14(20)21)5-2-4(12(16)17)3-6(13(18)19)7(5)11-8/h2-3,11H,1H3. The molecule has 1 heterocycles. The van der Waals surface area contributed by atoms with E-state index in [9.17, 15) is 35.1 Å². The number of aromatic amines is 1. The molecule has 12 heteroatoms. The Kier molecular flexibility index (Phi) is 3.43. The van der Waals surface area contributed by atoms with Crippen molar-refractivity contribution in [1.29, 1.82) is 0 Å². The van der Waals surface area contributed by atoms with Crippen LogP contribution in [-0.2, 0) is 4.74 Å². The molecule has 0 unspecified atom stereocenters. The van der Waals surface area contributed by atoms with Crippen LogP contribution in [-0.4, -0.2) is 32.8 Å². The number of H-pyrrole nitrogens is 1. The van der Waals surface area contributed by atoms with Gasteiger partial charge in [0.1, 0.15) is 5.52 Å². The second kappa shape index (κ2) is 5.08. The summed E-state index contributed by atoms with van der Waals surface area (Å²) in [6.45, 7) is 0. The number of hydrogen-bond donors (Lipinski definition) is 1. The summed E-state index contributed by atoms with van der Waals surface area (Å²) >= 11 is 0. The van der Waals surface area contributed by atoms with Crippen molar-refractivity contribution in [1.82, 2.24) is 4.98 Å². The number of nitrogens with zero attached hydrogens (tertiary/aromatic N) is 3. The first-order chi connectivity index (χ1) is 10.3. The second-order valence-electron chi connectivity index (χ2n) is 4.00. The molecule has 0 saturated carbocycles. The van der Waals surface area contributed by atoms with Gasteiger partial charge in [-0.2, -0.15) is 0 Å². The average molecular weight is 310 g/mol. The molecule has 0 aliphatic heterocycles. The number of non-ortho nitro benzene ring substituents is 2. The highest BCUT2D eigenvalue weighted by atomic mass is 16.6. The largest absolute Gasteiger partial charge is 0.464 e. The van der Waals surface area contributed by atoms with Crippen molar-refractivity contribution < 1.29 is 24.3 Å². The van der Waals surface area contributed by atoms with E-state index in [1.54, 1.807) is 0 Å². The first-order valence-electron chi connectivity index (χ1n) is 5.49. The number of carbonyl (C=O) groups excluding carboxylic acids is 1. The van der Waals surface area contributed by atoms with Gasteiger partial charge in [-0.05, 0) is 0 Å². The van der Waals surface area contributed by atoms with Crippen LogP contribution >= 0.6 is 0 Å². The highest BCUT2D eigenvalue weighted by Crippen LogP contribution is 2.38. The Labute approximate surface area is 119 Å². The molecule has 0 spiro atoms. The molecule has 0 bridgehead atoms. The number of hydrogen-bond acceptors (Lipinski definition) is 8. The minimum atomic E-state index is -1.13. The fourth-order valence-corrected chi connectivity index (χ4v) is 1.94. The Morgan fingerprint density at radius 2 is 1.73 bits per heavy atom. The van der Waals surface area contributed by atoms with Gasteiger partial charge in [-0.15, -0.1) is 0 Å². The monoisotopic (exact) mass is 310 g/mol. The number of methoxy groups -OCH3 is 1. The summed E-state index contributed by atoms with van der Waals surface area (Å²) in [5.74, 6) is -1.13. The van der Waals surface area contributed by atoms with E-state index >= 15 is 0 Å². The van der Waals surface area contributed by atoms with Crippen molar-refractivity contribution >= 4 is 33.9 Å². The van der Waals surface area contributed by atoms with Gasteiger partial charge in [-0.1, -0.05) is 0 Å². The molecule has 114 valence electrons. The summed E-state index contributed by atoms with van der Waals surface area (Å²) in [6.07, 6.45) is 0. The van der Waals surface area contributed by atoms with Crippen LogP contribution in [0, 0.1) is 30.3 Å². The van der Waals surface area contributed by atoms with Gasteiger partial charge in [0, 0.05) is 6.07 Å². The molecule has 0 atom stereocenters. The molecular weight excluding hydrogens is 304 g/mol. The van der Waals surface area contributed by atoms with Crippen LogP contribution in [0.15, 0.2) is 12.1 Å². The third-order valence-corrected chi connectivity index (χ3v) is 2.82. The highest BCUT2D eigenvalue weighted by molar-refractivity contribution is 6.06. The lowest BCUT2D eigenvalue weighted by Gasteiger charge is -1.95. The lowest BCUT2D eigenvalue weighted by Crippen LogP contribution is -2.04. The molecule has 0 amide bonds. The topological polar surface area (TPSA) is 172 Å². The van der Waals surface area contributed by atoms with Gasteiger partial charge in [-0.3, -0.25) is 30.3 Å². The Morgan fingerprint density at radius 1 is 1.09 bits per heavy atom. The Bertz CT molecular complexity index is 839. The van der Waals surface area contributed by atoms with Crippen LogP contribution in [0.5, 0.6) is 0 Å². The second-order valence-corrected chi connectivity index (χ2v) is 4.00. The average Bonchev–Trinajstić information content (AvgIpc) is 2.84. The van der Waals surface area contributed by atoms with Crippen LogP contribution in [0.1, 0.15) is 10.5 Å². The van der Waals surface area contributed by atoms with E-state index in [2.05, 4.69) is 9.72 Å². The molecule has 2 rings (SSSR count). The number of nitrogens with one attached hydrogen (secondary N) is 1. The van der Waals surface area contributed by atoms with Gasteiger partial charge in [0.05, 0.1) is 33.3 Å². The van der Waals surface area contributed by atoms with E-state index in [1.807, 2.05) is 0 Å².